The lowest BCUT2D eigenvalue weighted by atomic mass is 9.91. The smallest absolute Gasteiger partial charge is 0.254 e. The molecule has 0 bridgehead atoms. The third-order valence-corrected chi connectivity index (χ3v) is 7.00. The van der Waals surface area contributed by atoms with Crippen LogP contribution in [0.5, 0.6) is 0 Å². The lowest BCUT2D eigenvalue weighted by Crippen LogP contribution is -2.45. The van der Waals surface area contributed by atoms with Crippen LogP contribution < -0.4 is 0 Å². The van der Waals surface area contributed by atoms with E-state index in [1.165, 1.54) is 0 Å². The maximum absolute atomic E-state index is 13.9. The van der Waals surface area contributed by atoms with Gasteiger partial charge in [-0.15, -0.1) is 0 Å². The third kappa shape index (κ3) is 3.44. The largest absolute Gasteiger partial charge is 0.391 e. The molecule has 3 unspecified atom stereocenters. The van der Waals surface area contributed by atoms with Crippen molar-refractivity contribution in [2.24, 2.45) is 0 Å². The minimum absolute atomic E-state index is 0.0416. The highest BCUT2D eigenvalue weighted by Gasteiger charge is 2.38. The van der Waals surface area contributed by atoms with Crippen LogP contribution in [0.15, 0.2) is 30.3 Å². The van der Waals surface area contributed by atoms with Crippen molar-refractivity contribution in [1.82, 2.24) is 9.80 Å². The molecule has 5 heteroatoms. The Morgan fingerprint density at radius 2 is 1.86 bits per heavy atom. The highest BCUT2D eigenvalue weighted by atomic mass is 19.1. The molecule has 4 nitrogen and oxygen atoms in total. The maximum atomic E-state index is 13.9. The lowest BCUT2D eigenvalue weighted by Gasteiger charge is -2.35. The summed E-state index contributed by atoms with van der Waals surface area (Å²) in [6, 6.07) is 10.2. The van der Waals surface area contributed by atoms with Crippen molar-refractivity contribution in [3.05, 3.63) is 47.0 Å². The summed E-state index contributed by atoms with van der Waals surface area (Å²) in [7, 11) is 0. The fraction of sp³-hybridized carbons (Fsp3) is 0.542. The van der Waals surface area contributed by atoms with Crippen LogP contribution in [0, 0.1) is 0 Å². The van der Waals surface area contributed by atoms with E-state index in [4.69, 9.17) is 0 Å². The highest BCUT2D eigenvalue weighted by Crippen LogP contribution is 2.37. The molecule has 1 saturated heterocycles. The van der Waals surface area contributed by atoms with E-state index >= 15 is 0 Å². The molecule has 1 aliphatic carbocycles. The first kappa shape index (κ1) is 19.0. The molecule has 2 aromatic carbocycles. The third-order valence-electron chi connectivity index (χ3n) is 7.00. The van der Waals surface area contributed by atoms with Crippen molar-refractivity contribution in [2.75, 3.05) is 13.1 Å². The van der Waals surface area contributed by atoms with Gasteiger partial charge in [0.05, 0.1) is 12.1 Å². The number of hydrogen-bond donors (Lipinski definition) is 1. The van der Waals surface area contributed by atoms with Gasteiger partial charge in [0, 0.05) is 25.2 Å². The molecule has 29 heavy (non-hydrogen) atoms. The molecule has 0 radical (unpaired) electrons. The zero-order chi connectivity index (χ0) is 20.0. The van der Waals surface area contributed by atoms with Gasteiger partial charge in [0.1, 0.15) is 6.17 Å². The van der Waals surface area contributed by atoms with Crippen LogP contribution >= 0.6 is 0 Å². The van der Waals surface area contributed by atoms with Crippen LogP contribution in [-0.4, -0.2) is 52.2 Å². The van der Waals surface area contributed by atoms with E-state index in [0.29, 0.717) is 26.1 Å². The molecule has 0 aromatic heterocycles. The normalized spacial score (nSPS) is 28.1. The highest BCUT2D eigenvalue weighted by molar-refractivity contribution is 6.05. The number of rotatable bonds is 3. The Morgan fingerprint density at radius 3 is 2.66 bits per heavy atom. The summed E-state index contributed by atoms with van der Waals surface area (Å²) in [5, 5.41) is 12.8. The number of fused-ring (bicyclic) bond motifs is 3. The van der Waals surface area contributed by atoms with Crippen molar-refractivity contribution in [2.45, 2.75) is 69.9 Å². The molecule has 1 N–H and O–H groups in total. The molecule has 5 rings (SSSR count). The predicted molar refractivity (Wildman–Crippen MR) is 111 cm³/mol. The van der Waals surface area contributed by atoms with Crippen LogP contribution in [0.2, 0.25) is 0 Å². The minimum atomic E-state index is -0.755. The van der Waals surface area contributed by atoms with Gasteiger partial charge in [-0.25, -0.2) is 4.39 Å². The summed E-state index contributed by atoms with van der Waals surface area (Å²) in [6.07, 6.45) is 4.10. The first-order valence-electron chi connectivity index (χ1n) is 11.0. The molecule has 2 aliphatic heterocycles. The Hall–Kier alpha value is -1.98. The average molecular weight is 397 g/mol. The monoisotopic (exact) mass is 396 g/mol. The Morgan fingerprint density at radius 1 is 1.07 bits per heavy atom. The van der Waals surface area contributed by atoms with Gasteiger partial charge in [-0.1, -0.05) is 37.1 Å². The number of carbonyl (C=O) groups is 1. The standard InChI is InChI=1S/C24H29FN2O2/c25-17-6-5-11-26(14-17)13-16-12-20-21(19-8-2-1-7-18(16)19)15-27(24(20)29)22-9-3-4-10-23(22)28/h1-2,7-8,12,17,22-23,28H,3-6,9-11,13-15H2. The van der Waals surface area contributed by atoms with Crippen LogP contribution in [0.1, 0.15) is 60.0 Å². The van der Waals surface area contributed by atoms with E-state index < -0.39 is 12.3 Å². The van der Waals surface area contributed by atoms with E-state index in [1.807, 2.05) is 23.1 Å². The zero-order valence-electron chi connectivity index (χ0n) is 16.8. The fourth-order valence-corrected chi connectivity index (χ4v) is 5.51. The number of amides is 1. The number of piperidine rings is 1. The van der Waals surface area contributed by atoms with Crippen molar-refractivity contribution < 1.29 is 14.3 Å². The van der Waals surface area contributed by atoms with Gasteiger partial charge in [-0.2, -0.15) is 0 Å². The minimum Gasteiger partial charge on any atom is -0.391 e. The quantitative estimate of drug-likeness (QED) is 0.852. The Balaban J connectivity index is 1.51. The van der Waals surface area contributed by atoms with Gasteiger partial charge in [0.15, 0.2) is 0 Å². The first-order chi connectivity index (χ1) is 14.1. The number of carbonyl (C=O) groups excluding carboxylic acids is 1. The second kappa shape index (κ2) is 7.69. The molecule has 1 amide bonds. The van der Waals surface area contributed by atoms with Crippen molar-refractivity contribution in [3.63, 3.8) is 0 Å². The molecule has 154 valence electrons. The molecule has 1 saturated carbocycles. The number of nitrogens with zero attached hydrogens (tertiary/aromatic N) is 2. The second-order valence-corrected chi connectivity index (χ2v) is 8.93. The molecule has 3 atom stereocenters. The Kier molecular flexibility index (Phi) is 5.04. The Bertz CT molecular complexity index is 930. The van der Waals surface area contributed by atoms with E-state index in [2.05, 4.69) is 17.0 Å². The number of halogens is 1. The predicted octanol–water partition coefficient (Wildman–Crippen LogP) is 4.03. The van der Waals surface area contributed by atoms with Crippen molar-refractivity contribution in [3.8, 4) is 0 Å². The fourth-order valence-electron chi connectivity index (χ4n) is 5.51. The molecular weight excluding hydrogens is 367 g/mol. The van der Waals surface area contributed by atoms with E-state index in [1.54, 1.807) is 0 Å². The van der Waals surface area contributed by atoms with Crippen LogP contribution in [0.25, 0.3) is 10.8 Å². The number of aliphatic hydroxyl groups is 1. The molecular formula is C24H29FN2O2. The SMILES string of the molecule is O=C1c2cc(CN3CCCC(F)C3)c3ccccc3c2CN1C1CCCCC1O. The molecule has 3 aliphatic rings. The Labute approximate surface area is 171 Å². The summed E-state index contributed by atoms with van der Waals surface area (Å²) in [5.41, 5.74) is 2.95. The lowest BCUT2D eigenvalue weighted by molar-refractivity contribution is 0.0192. The van der Waals surface area contributed by atoms with E-state index in [-0.39, 0.29) is 11.9 Å². The number of benzene rings is 2. The summed E-state index contributed by atoms with van der Waals surface area (Å²) in [4.78, 5) is 17.4. The first-order valence-corrected chi connectivity index (χ1v) is 11.0. The topological polar surface area (TPSA) is 43.8 Å². The van der Waals surface area contributed by atoms with Crippen molar-refractivity contribution in [1.29, 1.82) is 0 Å². The van der Waals surface area contributed by atoms with E-state index in [0.717, 1.165) is 66.1 Å². The van der Waals surface area contributed by atoms with Crippen LogP contribution in [-0.2, 0) is 13.1 Å². The number of aliphatic hydroxyl groups excluding tert-OH is 1. The van der Waals surface area contributed by atoms with Gasteiger partial charge in [0.2, 0.25) is 0 Å². The summed E-state index contributed by atoms with van der Waals surface area (Å²) in [5.74, 6) is 0.0416. The molecule has 2 fully saturated rings. The van der Waals surface area contributed by atoms with Gasteiger partial charge in [0.25, 0.3) is 5.91 Å². The van der Waals surface area contributed by atoms with Crippen LogP contribution in [0.4, 0.5) is 4.39 Å². The number of likely N-dealkylation sites (tertiary alicyclic amines) is 1. The summed E-state index contributed by atoms with van der Waals surface area (Å²) >= 11 is 0. The van der Waals surface area contributed by atoms with Gasteiger partial charge in [-0.05, 0) is 60.2 Å². The van der Waals surface area contributed by atoms with Gasteiger partial charge in [-0.3, -0.25) is 9.69 Å². The number of alkyl halides is 1. The maximum Gasteiger partial charge on any atom is 0.254 e. The van der Waals surface area contributed by atoms with Crippen molar-refractivity contribution >= 4 is 16.7 Å². The molecule has 2 heterocycles. The number of hydrogen-bond acceptors (Lipinski definition) is 3. The van der Waals surface area contributed by atoms with Gasteiger partial charge >= 0.3 is 0 Å². The summed E-state index contributed by atoms with van der Waals surface area (Å²) < 4.78 is 13.9. The average Bonchev–Trinajstić information content (AvgIpc) is 3.05. The zero-order valence-corrected chi connectivity index (χ0v) is 16.8. The van der Waals surface area contributed by atoms with Gasteiger partial charge < -0.3 is 10.0 Å². The summed E-state index contributed by atoms with van der Waals surface area (Å²) in [6.45, 7) is 2.63. The molecule has 2 aromatic rings. The second-order valence-electron chi connectivity index (χ2n) is 8.93. The van der Waals surface area contributed by atoms with E-state index in [9.17, 15) is 14.3 Å². The molecule has 0 spiro atoms. The van der Waals surface area contributed by atoms with Crippen LogP contribution in [0.3, 0.4) is 0 Å².